The molecule has 1 amide bonds. The Hall–Kier alpha value is -3.31. The Kier molecular flexibility index (Phi) is 4.07. The van der Waals surface area contributed by atoms with Crippen LogP contribution in [0.15, 0.2) is 60.7 Å². The van der Waals surface area contributed by atoms with Crippen molar-refractivity contribution in [1.82, 2.24) is 5.32 Å². The number of fused-ring (bicyclic) bond motifs is 3. The van der Waals surface area contributed by atoms with Crippen molar-refractivity contribution in [2.75, 3.05) is 13.8 Å². The standard InChI is InChI=1S/C24H21NO4/c1-25-23(26)17-7-3-5-9-19(17)24(27)18-8-4-2-6-15(18)10-11-16-12-21-22(13-20(16)24)29-14-28-21/h2-9,12-13,27H,10-11,14H2,1H3,(H,25,26). The summed E-state index contributed by atoms with van der Waals surface area (Å²) in [6.45, 7) is 0.169. The Labute approximate surface area is 168 Å². The summed E-state index contributed by atoms with van der Waals surface area (Å²) in [6.07, 6.45) is 1.54. The summed E-state index contributed by atoms with van der Waals surface area (Å²) in [5.41, 5.74) is 3.05. The van der Waals surface area contributed by atoms with Crippen molar-refractivity contribution in [3.8, 4) is 11.5 Å². The number of aliphatic hydroxyl groups is 1. The van der Waals surface area contributed by atoms with Gasteiger partial charge in [0.25, 0.3) is 5.91 Å². The number of aryl methyl sites for hydroxylation is 2. The minimum atomic E-state index is -1.49. The van der Waals surface area contributed by atoms with Crippen LogP contribution in [-0.4, -0.2) is 24.9 Å². The minimum Gasteiger partial charge on any atom is -0.454 e. The zero-order chi connectivity index (χ0) is 20.0. The largest absolute Gasteiger partial charge is 0.454 e. The first-order valence-electron chi connectivity index (χ1n) is 9.68. The van der Waals surface area contributed by atoms with Gasteiger partial charge < -0.3 is 19.9 Å². The van der Waals surface area contributed by atoms with Crippen molar-refractivity contribution in [2.24, 2.45) is 0 Å². The molecule has 5 nitrogen and oxygen atoms in total. The second-order valence-corrected chi connectivity index (χ2v) is 7.35. The molecular weight excluding hydrogens is 366 g/mol. The van der Waals surface area contributed by atoms with Crippen molar-refractivity contribution >= 4 is 5.91 Å². The van der Waals surface area contributed by atoms with E-state index in [0.717, 1.165) is 35.1 Å². The van der Waals surface area contributed by atoms with Crippen LogP contribution in [0.2, 0.25) is 0 Å². The molecule has 1 heterocycles. The van der Waals surface area contributed by atoms with Gasteiger partial charge in [0, 0.05) is 18.2 Å². The van der Waals surface area contributed by atoms with E-state index in [4.69, 9.17) is 9.47 Å². The quantitative estimate of drug-likeness (QED) is 0.709. The van der Waals surface area contributed by atoms with Crippen LogP contribution in [0.1, 0.15) is 38.2 Å². The first kappa shape index (κ1) is 17.8. The van der Waals surface area contributed by atoms with Crippen molar-refractivity contribution in [1.29, 1.82) is 0 Å². The molecule has 2 N–H and O–H groups in total. The van der Waals surface area contributed by atoms with Crippen LogP contribution in [-0.2, 0) is 18.4 Å². The van der Waals surface area contributed by atoms with Crippen molar-refractivity contribution < 1.29 is 19.4 Å². The highest BCUT2D eigenvalue weighted by molar-refractivity contribution is 5.96. The molecule has 3 aromatic carbocycles. The number of benzene rings is 3. The molecule has 0 saturated heterocycles. The van der Waals surface area contributed by atoms with Crippen LogP contribution >= 0.6 is 0 Å². The number of carbonyl (C=O) groups is 1. The SMILES string of the molecule is CNC(=O)c1ccccc1C1(O)c2ccccc2CCc2cc3c(cc21)OCO3. The van der Waals surface area contributed by atoms with Crippen molar-refractivity contribution in [3.05, 3.63) is 94.0 Å². The molecule has 2 aliphatic rings. The van der Waals surface area contributed by atoms with Gasteiger partial charge >= 0.3 is 0 Å². The molecule has 0 spiro atoms. The maximum atomic E-state index is 12.6. The highest BCUT2D eigenvalue weighted by atomic mass is 16.7. The van der Waals surface area contributed by atoms with Crippen LogP contribution in [0, 0.1) is 0 Å². The highest BCUT2D eigenvalue weighted by Crippen LogP contribution is 2.47. The minimum absolute atomic E-state index is 0.169. The lowest BCUT2D eigenvalue weighted by Crippen LogP contribution is -2.33. The van der Waals surface area contributed by atoms with Gasteiger partial charge in [-0.3, -0.25) is 4.79 Å². The predicted molar refractivity (Wildman–Crippen MR) is 108 cm³/mol. The molecule has 29 heavy (non-hydrogen) atoms. The van der Waals surface area contributed by atoms with Gasteiger partial charge in [-0.2, -0.15) is 0 Å². The summed E-state index contributed by atoms with van der Waals surface area (Å²) in [7, 11) is 1.59. The lowest BCUT2D eigenvalue weighted by Gasteiger charge is -2.33. The molecule has 3 aromatic rings. The second kappa shape index (κ2) is 6.64. The van der Waals surface area contributed by atoms with E-state index >= 15 is 0 Å². The Morgan fingerprint density at radius 1 is 0.897 bits per heavy atom. The summed E-state index contributed by atoms with van der Waals surface area (Å²) < 4.78 is 11.2. The van der Waals surface area contributed by atoms with Gasteiger partial charge in [0.2, 0.25) is 6.79 Å². The number of ether oxygens (including phenoxy) is 2. The van der Waals surface area contributed by atoms with Gasteiger partial charge in [-0.25, -0.2) is 0 Å². The molecule has 1 atom stereocenters. The molecular formula is C24H21NO4. The van der Waals surface area contributed by atoms with Gasteiger partial charge in [0.05, 0.1) is 0 Å². The van der Waals surface area contributed by atoms with E-state index in [1.807, 2.05) is 48.5 Å². The number of nitrogens with one attached hydrogen (secondary N) is 1. The molecule has 5 heteroatoms. The van der Waals surface area contributed by atoms with E-state index in [-0.39, 0.29) is 12.7 Å². The summed E-state index contributed by atoms with van der Waals surface area (Å²) in [6, 6.07) is 18.9. The van der Waals surface area contributed by atoms with Crippen molar-refractivity contribution in [2.45, 2.75) is 18.4 Å². The van der Waals surface area contributed by atoms with Crippen LogP contribution in [0.5, 0.6) is 11.5 Å². The number of carbonyl (C=O) groups excluding carboxylic acids is 1. The van der Waals surface area contributed by atoms with Gasteiger partial charge in [-0.15, -0.1) is 0 Å². The second-order valence-electron chi connectivity index (χ2n) is 7.35. The smallest absolute Gasteiger partial charge is 0.251 e. The van der Waals surface area contributed by atoms with Gasteiger partial charge in [0.1, 0.15) is 5.60 Å². The van der Waals surface area contributed by atoms with Crippen LogP contribution in [0.4, 0.5) is 0 Å². The maximum absolute atomic E-state index is 12.6. The van der Waals surface area contributed by atoms with E-state index in [2.05, 4.69) is 5.32 Å². The van der Waals surface area contributed by atoms with Crippen LogP contribution < -0.4 is 14.8 Å². The Morgan fingerprint density at radius 3 is 2.34 bits per heavy atom. The molecule has 1 aliphatic heterocycles. The Bertz CT molecular complexity index is 1120. The molecule has 0 saturated carbocycles. The van der Waals surface area contributed by atoms with E-state index in [1.165, 1.54) is 0 Å². The predicted octanol–water partition coefficient (Wildman–Crippen LogP) is 3.16. The Balaban J connectivity index is 1.86. The van der Waals surface area contributed by atoms with Gasteiger partial charge in [0.15, 0.2) is 11.5 Å². The fourth-order valence-corrected chi connectivity index (χ4v) is 4.45. The number of hydrogen-bond donors (Lipinski definition) is 2. The fourth-order valence-electron chi connectivity index (χ4n) is 4.45. The first-order chi connectivity index (χ1) is 14.1. The molecule has 146 valence electrons. The number of hydrogen-bond acceptors (Lipinski definition) is 4. The molecule has 0 radical (unpaired) electrons. The summed E-state index contributed by atoms with van der Waals surface area (Å²) in [5.74, 6) is 1.06. The molecule has 1 unspecified atom stereocenters. The zero-order valence-electron chi connectivity index (χ0n) is 16.1. The number of amides is 1. The Morgan fingerprint density at radius 2 is 1.55 bits per heavy atom. The first-order valence-corrected chi connectivity index (χ1v) is 9.68. The normalized spacial score (nSPS) is 19.1. The summed E-state index contributed by atoms with van der Waals surface area (Å²) >= 11 is 0. The zero-order valence-corrected chi connectivity index (χ0v) is 16.1. The molecule has 5 rings (SSSR count). The molecule has 0 aromatic heterocycles. The van der Waals surface area contributed by atoms with E-state index in [0.29, 0.717) is 22.6 Å². The lowest BCUT2D eigenvalue weighted by molar-refractivity contribution is 0.0939. The average molecular weight is 387 g/mol. The highest BCUT2D eigenvalue weighted by Gasteiger charge is 2.42. The van der Waals surface area contributed by atoms with E-state index < -0.39 is 5.60 Å². The molecule has 0 bridgehead atoms. The third-order valence-electron chi connectivity index (χ3n) is 5.85. The molecule has 0 fully saturated rings. The number of rotatable bonds is 2. The average Bonchev–Trinajstić information content (AvgIpc) is 3.19. The summed E-state index contributed by atoms with van der Waals surface area (Å²) in [5, 5.41) is 15.1. The summed E-state index contributed by atoms with van der Waals surface area (Å²) in [4.78, 5) is 12.6. The van der Waals surface area contributed by atoms with Crippen LogP contribution in [0.3, 0.4) is 0 Å². The maximum Gasteiger partial charge on any atom is 0.251 e. The van der Waals surface area contributed by atoms with E-state index in [9.17, 15) is 9.90 Å². The lowest BCUT2D eigenvalue weighted by atomic mass is 9.76. The molecule has 1 aliphatic carbocycles. The van der Waals surface area contributed by atoms with Crippen molar-refractivity contribution in [3.63, 3.8) is 0 Å². The fraction of sp³-hybridized carbons (Fsp3) is 0.208. The van der Waals surface area contributed by atoms with Crippen LogP contribution in [0.25, 0.3) is 0 Å². The monoisotopic (exact) mass is 387 g/mol. The third kappa shape index (κ3) is 2.62. The van der Waals surface area contributed by atoms with E-state index in [1.54, 1.807) is 19.2 Å². The topological polar surface area (TPSA) is 67.8 Å². The third-order valence-corrected chi connectivity index (χ3v) is 5.85. The van der Waals surface area contributed by atoms with Gasteiger partial charge in [-0.05, 0) is 53.3 Å². The van der Waals surface area contributed by atoms with Gasteiger partial charge in [-0.1, -0.05) is 42.5 Å².